The minimum atomic E-state index is -0.352. The van der Waals surface area contributed by atoms with E-state index in [1.807, 2.05) is 60.0 Å². The number of hydrogen-bond acceptors (Lipinski definition) is 12. The Kier molecular flexibility index (Phi) is 8.31. The van der Waals surface area contributed by atoms with Crippen LogP contribution in [0, 0.1) is 6.92 Å². The summed E-state index contributed by atoms with van der Waals surface area (Å²) < 4.78 is 16.3. The number of nitrogens with zero attached hydrogens (tertiary/aromatic N) is 5. The Morgan fingerprint density at radius 1 is 0.889 bits per heavy atom. The van der Waals surface area contributed by atoms with E-state index in [1.165, 1.54) is 27.5 Å². The van der Waals surface area contributed by atoms with Crippen molar-refractivity contribution < 1.29 is 19.0 Å². The van der Waals surface area contributed by atoms with Crippen molar-refractivity contribution in [3.05, 3.63) is 83.5 Å². The number of aryl methyl sites for hydroxylation is 1. The average Bonchev–Trinajstić information content (AvgIpc) is 3.79. The number of nitrogen functional groups attached to an aromatic ring is 1. The van der Waals surface area contributed by atoms with Crippen molar-refractivity contribution >= 4 is 50.9 Å². The monoisotopic (exact) mass is 640 g/mol. The van der Waals surface area contributed by atoms with Gasteiger partial charge in [-0.1, -0.05) is 41.7 Å². The van der Waals surface area contributed by atoms with Crippen LogP contribution >= 0.6 is 22.7 Å². The molecule has 0 saturated carbocycles. The molecule has 0 aliphatic heterocycles. The SMILES string of the molecule is COc1cc(Nc2nc(N)c(-c3nc(-c4cccc(NC(=O)c5nn(-c6ccccc6)nc5C)c4)cs3)s2)cc(OC)c1OC. The number of rotatable bonds is 10. The fourth-order valence-corrected chi connectivity index (χ4v) is 6.37. The quantitative estimate of drug-likeness (QED) is 0.153. The summed E-state index contributed by atoms with van der Waals surface area (Å²) in [6.07, 6.45) is 0. The van der Waals surface area contributed by atoms with Crippen LogP contribution in [-0.2, 0) is 0 Å². The van der Waals surface area contributed by atoms with E-state index in [0.717, 1.165) is 26.8 Å². The van der Waals surface area contributed by atoms with Crippen molar-refractivity contribution in [2.75, 3.05) is 37.7 Å². The fraction of sp³-hybridized carbons (Fsp3) is 0.129. The van der Waals surface area contributed by atoms with Crippen LogP contribution in [0.15, 0.2) is 72.1 Å². The van der Waals surface area contributed by atoms with Crippen LogP contribution in [0.4, 0.5) is 22.3 Å². The number of ether oxygens (including phenoxy) is 3. The third kappa shape index (κ3) is 6.14. The molecule has 3 heterocycles. The van der Waals surface area contributed by atoms with Gasteiger partial charge in [0.05, 0.1) is 38.4 Å². The van der Waals surface area contributed by atoms with E-state index in [4.69, 9.17) is 24.9 Å². The van der Waals surface area contributed by atoms with Crippen molar-refractivity contribution in [3.8, 4) is 44.1 Å². The Morgan fingerprint density at radius 3 is 2.36 bits per heavy atom. The molecule has 45 heavy (non-hydrogen) atoms. The molecular formula is C31H28N8O4S2. The van der Waals surface area contributed by atoms with Crippen molar-refractivity contribution in [1.29, 1.82) is 0 Å². The Labute approximate surface area is 266 Å². The molecule has 0 atom stereocenters. The van der Waals surface area contributed by atoms with Gasteiger partial charge in [0, 0.05) is 34.5 Å². The summed E-state index contributed by atoms with van der Waals surface area (Å²) in [7, 11) is 4.67. The molecule has 12 nitrogen and oxygen atoms in total. The fourth-order valence-electron chi connectivity index (χ4n) is 4.54. The maximum absolute atomic E-state index is 13.1. The summed E-state index contributed by atoms with van der Waals surface area (Å²) in [4.78, 5) is 24.6. The molecule has 6 rings (SSSR count). The van der Waals surface area contributed by atoms with Crippen LogP contribution in [0.5, 0.6) is 17.2 Å². The van der Waals surface area contributed by atoms with Crippen LogP contribution in [0.2, 0.25) is 0 Å². The van der Waals surface area contributed by atoms with E-state index < -0.39 is 0 Å². The zero-order valence-corrected chi connectivity index (χ0v) is 26.3. The zero-order chi connectivity index (χ0) is 31.5. The number of nitrogens with two attached hydrogens (primary N) is 1. The first-order chi connectivity index (χ1) is 21.9. The lowest BCUT2D eigenvalue weighted by Gasteiger charge is -2.14. The number of thiazole rings is 2. The first-order valence-electron chi connectivity index (χ1n) is 13.6. The van der Waals surface area contributed by atoms with Gasteiger partial charge in [0.15, 0.2) is 22.3 Å². The second kappa shape index (κ2) is 12.6. The van der Waals surface area contributed by atoms with E-state index in [1.54, 1.807) is 40.4 Å². The number of methoxy groups -OCH3 is 3. The number of hydrogen-bond donors (Lipinski definition) is 3. The van der Waals surface area contributed by atoms with Crippen LogP contribution in [0.3, 0.4) is 0 Å². The molecule has 4 N–H and O–H groups in total. The van der Waals surface area contributed by atoms with Crippen molar-refractivity contribution in [3.63, 3.8) is 0 Å². The van der Waals surface area contributed by atoms with Gasteiger partial charge in [-0.25, -0.2) is 9.97 Å². The topological polar surface area (TPSA) is 151 Å². The Bertz CT molecular complexity index is 1960. The third-order valence-corrected chi connectivity index (χ3v) is 8.65. The van der Waals surface area contributed by atoms with Gasteiger partial charge in [0.25, 0.3) is 5.91 Å². The molecule has 6 aromatic rings. The Hall–Kier alpha value is -5.47. The molecule has 3 aromatic heterocycles. The number of anilines is 4. The third-order valence-electron chi connectivity index (χ3n) is 6.67. The van der Waals surface area contributed by atoms with Crippen LogP contribution in [-0.4, -0.2) is 52.2 Å². The van der Waals surface area contributed by atoms with Gasteiger partial charge in [-0.2, -0.15) is 9.90 Å². The number of carbonyl (C=O) groups is 1. The summed E-state index contributed by atoms with van der Waals surface area (Å²) in [6.45, 7) is 1.76. The van der Waals surface area contributed by atoms with Crippen LogP contribution in [0.1, 0.15) is 16.2 Å². The molecule has 14 heteroatoms. The number of para-hydroxylation sites is 1. The zero-order valence-electron chi connectivity index (χ0n) is 24.7. The molecule has 228 valence electrons. The van der Waals surface area contributed by atoms with Crippen LogP contribution in [0.25, 0.3) is 26.8 Å². The van der Waals surface area contributed by atoms with Gasteiger partial charge in [-0.05, 0) is 31.2 Å². The van der Waals surface area contributed by atoms with Gasteiger partial charge >= 0.3 is 0 Å². The molecule has 0 fully saturated rings. The lowest BCUT2D eigenvalue weighted by molar-refractivity contribution is 0.102. The molecule has 3 aromatic carbocycles. The Balaban J connectivity index is 1.19. The highest BCUT2D eigenvalue weighted by Crippen LogP contribution is 2.43. The number of aromatic nitrogens is 5. The molecule has 0 aliphatic rings. The summed E-state index contributed by atoms with van der Waals surface area (Å²) in [5.41, 5.74) is 10.7. The highest BCUT2D eigenvalue weighted by atomic mass is 32.1. The number of amides is 1. The van der Waals surface area contributed by atoms with E-state index in [-0.39, 0.29) is 11.6 Å². The smallest absolute Gasteiger partial charge is 0.278 e. The van der Waals surface area contributed by atoms with Gasteiger partial charge in [-0.15, -0.1) is 16.4 Å². The molecule has 0 saturated heterocycles. The van der Waals surface area contributed by atoms with E-state index >= 15 is 0 Å². The first-order valence-corrected chi connectivity index (χ1v) is 15.3. The molecule has 0 bridgehead atoms. The maximum Gasteiger partial charge on any atom is 0.278 e. The van der Waals surface area contributed by atoms with E-state index in [2.05, 4.69) is 25.8 Å². The Morgan fingerprint density at radius 2 is 1.64 bits per heavy atom. The van der Waals surface area contributed by atoms with Gasteiger partial charge in [0.1, 0.15) is 15.7 Å². The molecule has 0 aliphatic carbocycles. The summed E-state index contributed by atoms with van der Waals surface area (Å²) in [6, 6.07) is 20.5. The number of carbonyl (C=O) groups excluding carboxylic acids is 1. The number of nitrogens with one attached hydrogen (secondary N) is 2. The number of benzene rings is 3. The van der Waals surface area contributed by atoms with Crippen LogP contribution < -0.4 is 30.6 Å². The maximum atomic E-state index is 13.1. The highest BCUT2D eigenvalue weighted by molar-refractivity contribution is 7.23. The first kappa shape index (κ1) is 29.6. The van der Waals surface area contributed by atoms with Gasteiger partial charge in [0.2, 0.25) is 5.75 Å². The minimum Gasteiger partial charge on any atom is -0.493 e. The van der Waals surface area contributed by atoms with E-state index in [9.17, 15) is 4.79 Å². The van der Waals surface area contributed by atoms with Crippen molar-refractivity contribution in [1.82, 2.24) is 25.0 Å². The lowest BCUT2D eigenvalue weighted by atomic mass is 10.1. The summed E-state index contributed by atoms with van der Waals surface area (Å²) in [5.74, 6) is 1.53. The van der Waals surface area contributed by atoms with Crippen molar-refractivity contribution in [2.45, 2.75) is 6.92 Å². The summed E-state index contributed by atoms with van der Waals surface area (Å²) in [5, 5.41) is 18.2. The lowest BCUT2D eigenvalue weighted by Crippen LogP contribution is -2.14. The predicted molar refractivity (Wildman–Crippen MR) is 177 cm³/mol. The van der Waals surface area contributed by atoms with Gasteiger partial charge in [-0.3, -0.25) is 4.79 Å². The molecule has 0 unspecified atom stereocenters. The average molecular weight is 641 g/mol. The normalized spacial score (nSPS) is 10.8. The second-order valence-electron chi connectivity index (χ2n) is 9.60. The molecule has 0 radical (unpaired) electrons. The molecule has 0 spiro atoms. The molecular weight excluding hydrogens is 613 g/mol. The van der Waals surface area contributed by atoms with E-state index in [0.29, 0.717) is 45.3 Å². The highest BCUT2D eigenvalue weighted by Gasteiger charge is 2.19. The van der Waals surface area contributed by atoms with Crippen molar-refractivity contribution in [2.24, 2.45) is 0 Å². The largest absolute Gasteiger partial charge is 0.493 e. The summed E-state index contributed by atoms with van der Waals surface area (Å²) >= 11 is 2.83. The molecule has 1 amide bonds. The standard InChI is InChI=1S/C31H28N8O4S2/c1-17-25(38-39(37-17)21-11-6-5-7-12-21)29(40)33-19-10-8-9-18(13-19)22-16-44-30(35-22)27-28(32)36-31(45-27)34-20-14-23(41-2)26(43-4)24(15-20)42-3/h5-16H,32H2,1-4H3,(H,33,40)(H,34,36). The van der Waals surface area contributed by atoms with Gasteiger partial charge < -0.3 is 30.6 Å². The second-order valence-corrected chi connectivity index (χ2v) is 11.5. The predicted octanol–water partition coefficient (Wildman–Crippen LogP) is 6.43. The minimum absolute atomic E-state index is 0.247.